The molecule has 0 spiro atoms. The minimum Gasteiger partial charge on any atom is -0.293 e. The van der Waals surface area contributed by atoms with E-state index in [2.05, 4.69) is 15.9 Å². The van der Waals surface area contributed by atoms with E-state index < -0.39 is 20.6 Å². The number of halogens is 2. The van der Waals surface area contributed by atoms with Gasteiger partial charge in [0.25, 0.3) is 0 Å². The molecule has 76 valence electrons. The Morgan fingerprint density at radius 3 is 2.57 bits per heavy atom. The van der Waals surface area contributed by atoms with Crippen molar-refractivity contribution in [1.29, 1.82) is 0 Å². The molecule has 6 heteroatoms. The minimum atomic E-state index is -3.78. The summed E-state index contributed by atoms with van der Waals surface area (Å²) in [5.74, 6) is -1.19. The minimum absolute atomic E-state index is 0.323. The van der Waals surface area contributed by atoms with Crippen LogP contribution in [0.25, 0.3) is 0 Å². The number of benzene rings is 1. The van der Waals surface area contributed by atoms with Gasteiger partial charge in [0.15, 0.2) is 5.78 Å². The number of hydrogen-bond acceptors (Lipinski definition) is 3. The molecule has 0 aliphatic heterocycles. The summed E-state index contributed by atoms with van der Waals surface area (Å²) in [7, 11) is 1.18. The van der Waals surface area contributed by atoms with Gasteiger partial charge in [0.05, 0.1) is 0 Å². The summed E-state index contributed by atoms with van der Waals surface area (Å²) in [4.78, 5) is 11.3. The number of carbonyl (C=O) groups is 1. The van der Waals surface area contributed by atoms with E-state index in [0.717, 1.165) is 4.47 Å². The van der Waals surface area contributed by atoms with Gasteiger partial charge in [-0.25, -0.2) is 8.42 Å². The molecule has 0 N–H and O–H groups in total. The lowest BCUT2D eigenvalue weighted by atomic mass is 10.2. The van der Waals surface area contributed by atoms with Crippen LogP contribution >= 0.6 is 26.6 Å². The third-order valence-corrected chi connectivity index (χ3v) is 2.88. The third kappa shape index (κ3) is 3.77. The highest BCUT2D eigenvalue weighted by atomic mass is 79.9. The maximum Gasteiger partial charge on any atom is 0.240 e. The van der Waals surface area contributed by atoms with Crippen molar-refractivity contribution in [3.8, 4) is 0 Å². The Morgan fingerprint density at radius 1 is 1.43 bits per heavy atom. The van der Waals surface area contributed by atoms with Crippen molar-refractivity contribution >= 4 is 41.4 Å². The van der Waals surface area contributed by atoms with Crippen LogP contribution in [0.5, 0.6) is 0 Å². The molecule has 1 rings (SSSR count). The van der Waals surface area contributed by atoms with Gasteiger partial charge in [-0.15, -0.1) is 0 Å². The molecule has 0 radical (unpaired) electrons. The fraction of sp³-hybridized carbons (Fsp3) is 0.125. The number of hydrogen-bond donors (Lipinski definition) is 0. The van der Waals surface area contributed by atoms with Crippen molar-refractivity contribution in [2.45, 2.75) is 0 Å². The SMILES string of the molecule is O=C(CS(=O)(=O)Cl)c1cccc(Br)c1. The van der Waals surface area contributed by atoms with Crippen molar-refractivity contribution in [1.82, 2.24) is 0 Å². The van der Waals surface area contributed by atoms with E-state index in [1.54, 1.807) is 18.2 Å². The molecule has 0 unspecified atom stereocenters. The average Bonchev–Trinajstić information content (AvgIpc) is 2.01. The Labute approximate surface area is 94.6 Å². The Hall–Kier alpha value is -0.390. The summed E-state index contributed by atoms with van der Waals surface area (Å²) < 4.78 is 22.0. The first-order chi connectivity index (χ1) is 6.38. The first kappa shape index (κ1) is 11.7. The fourth-order valence-corrected chi connectivity index (χ4v) is 2.08. The van der Waals surface area contributed by atoms with Crippen LogP contribution in [0, 0.1) is 0 Å². The summed E-state index contributed by atoms with van der Waals surface area (Å²) in [6.45, 7) is 0. The predicted octanol–water partition coefficient (Wildman–Crippen LogP) is 2.20. The molecule has 3 nitrogen and oxygen atoms in total. The molecule has 0 fully saturated rings. The number of Topliss-reactive ketones (excluding diaryl/α,β-unsaturated/α-hetero) is 1. The lowest BCUT2D eigenvalue weighted by Crippen LogP contribution is -2.11. The molecule has 1 aromatic rings. The van der Waals surface area contributed by atoms with Crippen LogP contribution in [0.3, 0.4) is 0 Å². The summed E-state index contributed by atoms with van der Waals surface area (Å²) >= 11 is 3.18. The Morgan fingerprint density at radius 2 is 2.07 bits per heavy atom. The standard InChI is InChI=1S/C8H6BrClO3S/c9-7-3-1-2-6(4-7)8(11)5-14(10,12)13/h1-4H,5H2. The molecule has 0 saturated heterocycles. The van der Waals surface area contributed by atoms with E-state index in [-0.39, 0.29) is 0 Å². The number of ketones is 1. The third-order valence-electron chi connectivity index (χ3n) is 1.45. The van der Waals surface area contributed by atoms with Gasteiger partial charge in [0.1, 0.15) is 5.75 Å². The highest BCUT2D eigenvalue weighted by molar-refractivity contribution is 9.10. The molecule has 0 atom stereocenters. The van der Waals surface area contributed by atoms with E-state index in [9.17, 15) is 13.2 Å². The van der Waals surface area contributed by atoms with E-state index in [4.69, 9.17) is 10.7 Å². The summed E-state index contributed by atoms with van der Waals surface area (Å²) in [6, 6.07) is 6.48. The lowest BCUT2D eigenvalue weighted by Gasteiger charge is -1.98. The molecule has 0 amide bonds. The smallest absolute Gasteiger partial charge is 0.240 e. The first-order valence-corrected chi connectivity index (χ1v) is 6.87. The highest BCUT2D eigenvalue weighted by Gasteiger charge is 2.14. The van der Waals surface area contributed by atoms with Crippen molar-refractivity contribution < 1.29 is 13.2 Å². The van der Waals surface area contributed by atoms with Crippen LogP contribution in [0.4, 0.5) is 0 Å². The van der Waals surface area contributed by atoms with E-state index in [1.165, 1.54) is 6.07 Å². The number of carbonyl (C=O) groups excluding carboxylic acids is 1. The molecular formula is C8H6BrClO3S. The van der Waals surface area contributed by atoms with Gasteiger partial charge >= 0.3 is 0 Å². The molecule has 0 aromatic heterocycles. The average molecular weight is 298 g/mol. The Kier molecular flexibility index (Phi) is 3.69. The molecule has 1 aromatic carbocycles. The molecule has 0 heterocycles. The van der Waals surface area contributed by atoms with Crippen LogP contribution in [-0.2, 0) is 9.05 Å². The van der Waals surface area contributed by atoms with E-state index in [1.807, 2.05) is 0 Å². The Balaban J connectivity index is 2.91. The summed E-state index contributed by atoms with van der Waals surface area (Å²) in [6.07, 6.45) is 0. The van der Waals surface area contributed by atoms with Crippen molar-refractivity contribution in [3.63, 3.8) is 0 Å². The van der Waals surface area contributed by atoms with Crippen LogP contribution in [-0.4, -0.2) is 20.0 Å². The molecule has 14 heavy (non-hydrogen) atoms. The maximum absolute atomic E-state index is 11.3. The van der Waals surface area contributed by atoms with Gasteiger partial charge in [0, 0.05) is 20.7 Å². The number of rotatable bonds is 3. The zero-order chi connectivity index (χ0) is 10.8. The van der Waals surface area contributed by atoms with Crippen molar-refractivity contribution in [3.05, 3.63) is 34.3 Å². The van der Waals surface area contributed by atoms with Crippen LogP contribution in [0.15, 0.2) is 28.7 Å². The van der Waals surface area contributed by atoms with Gasteiger partial charge < -0.3 is 0 Å². The van der Waals surface area contributed by atoms with E-state index >= 15 is 0 Å². The van der Waals surface area contributed by atoms with Gasteiger partial charge in [-0.2, -0.15) is 0 Å². The normalized spacial score (nSPS) is 11.3. The van der Waals surface area contributed by atoms with Gasteiger partial charge in [-0.05, 0) is 12.1 Å². The molecular weight excluding hydrogens is 292 g/mol. The van der Waals surface area contributed by atoms with Gasteiger partial charge in [-0.3, -0.25) is 4.79 Å². The van der Waals surface area contributed by atoms with Crippen LogP contribution < -0.4 is 0 Å². The second-order valence-corrected chi connectivity index (χ2v) is 6.31. The van der Waals surface area contributed by atoms with Gasteiger partial charge in [-0.1, -0.05) is 28.1 Å². The van der Waals surface area contributed by atoms with Gasteiger partial charge in [0.2, 0.25) is 9.05 Å². The van der Waals surface area contributed by atoms with Crippen molar-refractivity contribution in [2.75, 3.05) is 5.75 Å². The zero-order valence-corrected chi connectivity index (χ0v) is 10.1. The largest absolute Gasteiger partial charge is 0.293 e. The molecule has 0 aliphatic rings. The zero-order valence-electron chi connectivity index (χ0n) is 6.91. The van der Waals surface area contributed by atoms with Crippen LogP contribution in [0.1, 0.15) is 10.4 Å². The first-order valence-electron chi connectivity index (χ1n) is 3.59. The second-order valence-electron chi connectivity index (χ2n) is 2.62. The van der Waals surface area contributed by atoms with E-state index in [0.29, 0.717) is 5.56 Å². The lowest BCUT2D eigenvalue weighted by molar-refractivity contribution is 0.102. The molecule has 0 saturated carbocycles. The molecule has 0 bridgehead atoms. The van der Waals surface area contributed by atoms with Crippen LogP contribution in [0.2, 0.25) is 0 Å². The predicted molar refractivity (Wildman–Crippen MR) is 58.1 cm³/mol. The van der Waals surface area contributed by atoms with Crippen molar-refractivity contribution in [2.24, 2.45) is 0 Å². The summed E-state index contributed by atoms with van der Waals surface area (Å²) in [5.41, 5.74) is 0.323. The monoisotopic (exact) mass is 296 g/mol. The topological polar surface area (TPSA) is 51.2 Å². The highest BCUT2D eigenvalue weighted by Crippen LogP contribution is 2.13. The molecule has 0 aliphatic carbocycles. The second kappa shape index (κ2) is 4.42. The quantitative estimate of drug-likeness (QED) is 0.635. The maximum atomic E-state index is 11.3. The fourth-order valence-electron chi connectivity index (χ4n) is 0.902. The summed E-state index contributed by atoms with van der Waals surface area (Å²) in [5, 5.41) is 0. The Bertz CT molecular complexity index is 455.